The summed E-state index contributed by atoms with van der Waals surface area (Å²) < 4.78 is 21.2. The number of β-lactam (4-membered cyclic amide) rings is 1. The van der Waals surface area contributed by atoms with E-state index >= 15 is 0 Å². The topological polar surface area (TPSA) is 264 Å². The zero-order valence-corrected chi connectivity index (χ0v) is 29.5. The highest BCUT2D eigenvalue weighted by Crippen LogP contribution is 2.48. The zero-order chi connectivity index (χ0) is 39.8. The summed E-state index contributed by atoms with van der Waals surface area (Å²) in [7, 11) is 0. The van der Waals surface area contributed by atoms with Crippen molar-refractivity contribution in [3.8, 4) is 0 Å². The van der Waals surface area contributed by atoms with Crippen LogP contribution in [0.25, 0.3) is 0 Å². The van der Waals surface area contributed by atoms with Gasteiger partial charge in [0.05, 0.1) is 26.7 Å². The number of benzene rings is 3. The van der Waals surface area contributed by atoms with Crippen molar-refractivity contribution >= 4 is 52.8 Å². The molecule has 5 rings (SSSR count). The second-order valence-corrected chi connectivity index (χ2v) is 13.1. The van der Waals surface area contributed by atoms with Crippen LogP contribution in [-0.2, 0) is 53.2 Å². The number of non-ortho nitro benzene ring substituents is 3. The number of nitrogens with zero attached hydrogens (tertiary/aromatic N) is 4. The van der Waals surface area contributed by atoms with E-state index in [2.05, 4.69) is 0 Å². The van der Waals surface area contributed by atoms with Gasteiger partial charge in [0.25, 0.3) is 17.1 Å². The molecule has 0 radical (unpaired) electrons. The second kappa shape index (κ2) is 17.4. The number of rotatable bonds is 16. The van der Waals surface area contributed by atoms with Crippen LogP contribution < -0.4 is 5.73 Å². The van der Waals surface area contributed by atoms with Crippen LogP contribution in [0.1, 0.15) is 30.0 Å². The third-order valence-electron chi connectivity index (χ3n) is 8.47. The van der Waals surface area contributed by atoms with Gasteiger partial charge in [-0.1, -0.05) is 0 Å². The number of fused-ring (bicyclic) bond motifs is 1. The van der Waals surface area contributed by atoms with Gasteiger partial charge in [0, 0.05) is 47.7 Å². The fourth-order valence-corrected chi connectivity index (χ4v) is 6.58. The zero-order valence-electron chi connectivity index (χ0n) is 28.7. The summed E-state index contributed by atoms with van der Waals surface area (Å²) in [4.78, 5) is 84.6. The van der Waals surface area contributed by atoms with Crippen LogP contribution in [0.2, 0.25) is 0 Å². The van der Waals surface area contributed by atoms with Crippen molar-refractivity contribution in [3.63, 3.8) is 0 Å². The van der Waals surface area contributed by atoms with Crippen molar-refractivity contribution in [1.29, 1.82) is 0 Å². The molecule has 55 heavy (non-hydrogen) atoms. The number of amides is 1. The highest BCUT2D eigenvalue weighted by molar-refractivity contribution is 8.05. The summed E-state index contributed by atoms with van der Waals surface area (Å²) >= 11 is 1.00. The first kappa shape index (κ1) is 39.5. The molecule has 2 aliphatic heterocycles. The first-order valence-electron chi connectivity index (χ1n) is 16.3. The molecule has 1 fully saturated rings. The Balaban J connectivity index is 1.22. The molecule has 1 saturated heterocycles. The maximum atomic E-state index is 13.5. The Morgan fingerprint density at radius 3 is 1.73 bits per heavy atom. The Bertz CT molecular complexity index is 2050. The predicted molar refractivity (Wildman–Crippen MR) is 190 cm³/mol. The quantitative estimate of drug-likeness (QED) is 0.0662. The van der Waals surface area contributed by atoms with Crippen LogP contribution in [0.15, 0.2) is 94.9 Å². The molecule has 0 bridgehead atoms. The molecule has 4 unspecified atom stereocenters. The standard InChI is InChI=1S/C35H31N5O14S/c1-20(54-35(44)53-19-23-6-12-26(13-7-23)40(49)50)30-28-16-29(55-15-14-27(36)33(42)51-17-21-2-8-24(9-3-21)38(45)46)31(37(28)32(30)41)34(43)52-18-22-4-10-25(11-5-22)39(47)48/h2-15,20,27-28,30H,16-19,36H2,1H3/b15-14-. The third-order valence-corrected chi connectivity index (χ3v) is 9.40. The average Bonchev–Trinajstić information content (AvgIpc) is 3.49. The molecule has 1 amide bonds. The van der Waals surface area contributed by atoms with Crippen LogP contribution in [0, 0.1) is 36.3 Å². The number of thioether (sulfide) groups is 1. The van der Waals surface area contributed by atoms with Crippen molar-refractivity contribution in [2.24, 2.45) is 11.7 Å². The smallest absolute Gasteiger partial charge is 0.459 e. The van der Waals surface area contributed by atoms with Crippen molar-refractivity contribution in [1.82, 2.24) is 4.90 Å². The van der Waals surface area contributed by atoms with Crippen LogP contribution in [-0.4, -0.2) is 61.9 Å². The van der Waals surface area contributed by atoms with Crippen LogP contribution in [0.5, 0.6) is 0 Å². The molecule has 2 heterocycles. The normalized spacial score (nSPS) is 17.1. The number of esters is 2. The van der Waals surface area contributed by atoms with E-state index in [-0.39, 0.29) is 49.0 Å². The van der Waals surface area contributed by atoms with E-state index in [1.807, 2.05) is 0 Å². The SMILES string of the molecule is CC(OC(=O)OCc1ccc([N+](=O)[O-])cc1)C1C(=O)N2C(C(=O)OCc3ccc([N+](=O)[O-])cc3)=C(S/C=C\C(N)C(=O)OCc3ccc([N+](=O)[O-])cc3)CC12. The van der Waals surface area contributed by atoms with Gasteiger partial charge in [-0.25, -0.2) is 9.59 Å². The molecule has 2 N–H and O–H groups in total. The van der Waals surface area contributed by atoms with E-state index in [4.69, 9.17) is 24.7 Å². The van der Waals surface area contributed by atoms with Gasteiger partial charge in [-0.15, -0.1) is 11.8 Å². The minimum Gasteiger partial charge on any atom is -0.459 e. The molecule has 4 atom stereocenters. The number of carbonyl (C=O) groups excluding carboxylic acids is 4. The Hall–Kier alpha value is -6.67. The molecule has 0 aromatic heterocycles. The Labute approximate surface area is 315 Å². The van der Waals surface area contributed by atoms with E-state index in [1.165, 1.54) is 96.1 Å². The van der Waals surface area contributed by atoms with Crippen molar-refractivity contribution in [2.75, 3.05) is 0 Å². The van der Waals surface area contributed by atoms with Gasteiger partial charge in [0.1, 0.15) is 37.7 Å². The maximum absolute atomic E-state index is 13.5. The highest BCUT2D eigenvalue weighted by atomic mass is 32.2. The number of nitrogens with two attached hydrogens (primary N) is 1. The van der Waals surface area contributed by atoms with Crippen molar-refractivity contribution in [3.05, 3.63) is 142 Å². The molecule has 19 nitrogen and oxygen atoms in total. The number of nitro groups is 3. The van der Waals surface area contributed by atoms with Gasteiger partial charge in [0.2, 0.25) is 5.91 Å². The predicted octanol–water partition coefficient (Wildman–Crippen LogP) is 4.96. The third kappa shape index (κ3) is 9.66. The summed E-state index contributed by atoms with van der Waals surface area (Å²) in [6, 6.07) is 14.2. The Morgan fingerprint density at radius 2 is 1.25 bits per heavy atom. The van der Waals surface area contributed by atoms with Crippen LogP contribution in [0.3, 0.4) is 0 Å². The molecule has 0 aliphatic carbocycles. The number of ether oxygens (including phenoxy) is 4. The molecule has 2 aliphatic rings. The van der Waals surface area contributed by atoms with E-state index in [9.17, 15) is 49.5 Å². The summed E-state index contributed by atoms with van der Waals surface area (Å²) in [5.41, 5.74) is 6.89. The summed E-state index contributed by atoms with van der Waals surface area (Å²) in [6.45, 7) is 0.790. The summed E-state index contributed by atoms with van der Waals surface area (Å²) in [5.74, 6) is -3.08. The largest absolute Gasteiger partial charge is 0.508 e. The van der Waals surface area contributed by atoms with Gasteiger partial charge in [-0.3, -0.25) is 39.9 Å². The number of hydrogen-bond donors (Lipinski definition) is 1. The lowest BCUT2D eigenvalue weighted by atomic mass is 9.83. The molecule has 0 spiro atoms. The molecule has 286 valence electrons. The molecule has 0 saturated carbocycles. The first-order chi connectivity index (χ1) is 26.2. The lowest BCUT2D eigenvalue weighted by molar-refractivity contribution is -0.385. The minimum absolute atomic E-state index is 0.0786. The molecular weight excluding hydrogens is 746 g/mol. The van der Waals surface area contributed by atoms with E-state index in [0.29, 0.717) is 21.6 Å². The first-order valence-corrected chi connectivity index (χ1v) is 17.1. The van der Waals surface area contributed by atoms with E-state index in [0.717, 1.165) is 11.8 Å². The van der Waals surface area contributed by atoms with Gasteiger partial charge in [0.15, 0.2) is 0 Å². The molecule has 3 aromatic carbocycles. The summed E-state index contributed by atoms with van der Waals surface area (Å²) in [5, 5.41) is 34.2. The second-order valence-electron chi connectivity index (χ2n) is 12.1. The van der Waals surface area contributed by atoms with Gasteiger partial charge >= 0.3 is 18.1 Å². The molecular formula is C35H31N5O14S. The Morgan fingerprint density at radius 1 is 0.800 bits per heavy atom. The molecule has 3 aromatic rings. The monoisotopic (exact) mass is 777 g/mol. The lowest BCUT2D eigenvalue weighted by Gasteiger charge is -2.45. The van der Waals surface area contributed by atoms with Crippen LogP contribution in [0.4, 0.5) is 21.9 Å². The number of hydrogen-bond acceptors (Lipinski definition) is 16. The van der Waals surface area contributed by atoms with Crippen molar-refractivity contribution < 1.29 is 52.9 Å². The summed E-state index contributed by atoms with van der Waals surface area (Å²) in [6.07, 6.45) is -0.622. The fraction of sp³-hybridized carbons (Fsp3) is 0.257. The average molecular weight is 778 g/mol. The Kier molecular flexibility index (Phi) is 12.5. The van der Waals surface area contributed by atoms with Gasteiger partial charge in [-0.2, -0.15) is 0 Å². The number of nitro benzene ring substituents is 3. The number of carbonyl (C=O) groups is 4. The van der Waals surface area contributed by atoms with Gasteiger partial charge < -0.3 is 29.6 Å². The van der Waals surface area contributed by atoms with Gasteiger partial charge in [-0.05, 0) is 71.5 Å². The fourth-order valence-electron chi connectivity index (χ4n) is 5.61. The van der Waals surface area contributed by atoms with E-state index in [1.54, 1.807) is 0 Å². The van der Waals surface area contributed by atoms with E-state index < -0.39 is 62.9 Å². The maximum Gasteiger partial charge on any atom is 0.508 e. The highest BCUT2D eigenvalue weighted by Gasteiger charge is 2.58. The molecule has 20 heteroatoms. The van der Waals surface area contributed by atoms with Crippen molar-refractivity contribution in [2.45, 2.75) is 51.4 Å². The van der Waals surface area contributed by atoms with Crippen LogP contribution >= 0.6 is 11.8 Å². The lowest BCUT2D eigenvalue weighted by Crippen LogP contribution is -2.62. The minimum atomic E-state index is -1.23.